The zero-order chi connectivity index (χ0) is 16.7. The van der Waals surface area contributed by atoms with Crippen molar-refractivity contribution in [1.29, 1.82) is 0 Å². The summed E-state index contributed by atoms with van der Waals surface area (Å²) in [7, 11) is -5.11. The van der Waals surface area contributed by atoms with Crippen LogP contribution in [0.2, 0.25) is 18.1 Å². The highest BCUT2D eigenvalue weighted by atomic mass is 32.3. The van der Waals surface area contributed by atoms with Crippen molar-refractivity contribution in [3.05, 3.63) is 0 Å². The molecule has 0 unspecified atom stereocenters. The van der Waals surface area contributed by atoms with Crippen LogP contribution in [-0.2, 0) is 15.0 Å². The highest BCUT2D eigenvalue weighted by molar-refractivity contribution is 7.87. The summed E-state index contributed by atoms with van der Waals surface area (Å²) >= 11 is 0. The molecule has 0 saturated heterocycles. The summed E-state index contributed by atoms with van der Waals surface area (Å²) in [6.07, 6.45) is 8.73. The number of rotatable bonds is 11. The number of halogens is 1. The quantitative estimate of drug-likeness (QED) is 0.455. The molecule has 21 heavy (non-hydrogen) atoms. The van der Waals surface area contributed by atoms with E-state index in [1.165, 1.54) is 38.5 Å². The van der Waals surface area contributed by atoms with E-state index in [9.17, 15) is 17.1 Å². The van der Waals surface area contributed by atoms with Gasteiger partial charge in [-0.25, -0.2) is 0 Å². The first-order valence-electron chi connectivity index (χ1n) is 7.90. The monoisotopic (exact) mass is 342 g/mol. The van der Waals surface area contributed by atoms with Crippen molar-refractivity contribution in [2.24, 2.45) is 0 Å². The van der Waals surface area contributed by atoms with E-state index in [0.717, 1.165) is 0 Å². The average molecular weight is 343 g/mol. The molecule has 0 aromatic carbocycles. The molecule has 0 aromatic rings. The first kappa shape index (κ1) is 22.8. The molecule has 0 fully saturated rings. The molecule has 0 spiro atoms. The Balaban J connectivity index is 0. The number of carboxylic acid groups (broad SMARTS) is 1. The molecule has 0 aliphatic carbocycles. The Hall–Kier alpha value is -0.433. The van der Waals surface area contributed by atoms with Crippen LogP contribution in [0.25, 0.3) is 0 Å². The van der Waals surface area contributed by atoms with Gasteiger partial charge in [-0.1, -0.05) is 77.4 Å². The molecule has 4 nitrogen and oxygen atoms in total. The van der Waals surface area contributed by atoms with E-state index in [1.54, 1.807) is 18.1 Å². The highest BCUT2D eigenvalue weighted by Crippen LogP contribution is 2.16. The minimum atomic E-state index is -4.82. The van der Waals surface area contributed by atoms with E-state index >= 15 is 0 Å². The molecule has 0 rings (SSSR count). The standard InChI is InChI=1S/C12H28Si.C2H3FO4S/c1-4-7-10-13(11-8-5-2)12-9-6-3;3-8(6,7)1-2(4)5/h13H,4-12H2,1-3H3;1H2,(H,4,5). The fourth-order valence-corrected chi connectivity index (χ4v) is 6.18. The normalized spacial score (nSPS) is 11.1. The molecular weight excluding hydrogens is 311 g/mol. The van der Waals surface area contributed by atoms with Gasteiger partial charge in [0.05, 0.1) is 0 Å². The third kappa shape index (κ3) is 22.0. The number of aliphatic carboxylic acids is 1. The highest BCUT2D eigenvalue weighted by Gasteiger charge is 2.12. The van der Waals surface area contributed by atoms with Gasteiger partial charge in [0.1, 0.15) is 0 Å². The molecule has 0 atom stereocenters. The number of hydrogen-bond acceptors (Lipinski definition) is 3. The Bertz CT molecular complexity index is 328. The van der Waals surface area contributed by atoms with Crippen LogP contribution in [-0.4, -0.2) is 34.0 Å². The van der Waals surface area contributed by atoms with Crippen molar-refractivity contribution < 1.29 is 22.2 Å². The van der Waals surface area contributed by atoms with Crippen molar-refractivity contribution in [1.82, 2.24) is 0 Å². The Morgan fingerprint density at radius 1 is 0.952 bits per heavy atom. The Morgan fingerprint density at radius 3 is 1.43 bits per heavy atom. The van der Waals surface area contributed by atoms with Gasteiger partial charge in [-0.2, -0.15) is 8.42 Å². The first-order valence-corrected chi connectivity index (χ1v) is 11.9. The third-order valence-corrected chi connectivity index (χ3v) is 7.46. The molecule has 128 valence electrons. The van der Waals surface area contributed by atoms with Gasteiger partial charge < -0.3 is 5.11 Å². The second kappa shape index (κ2) is 14.5. The summed E-state index contributed by atoms with van der Waals surface area (Å²) in [5.41, 5.74) is 0. The predicted molar refractivity (Wildman–Crippen MR) is 88.8 cm³/mol. The summed E-state index contributed by atoms with van der Waals surface area (Å²) in [5.74, 6) is -3.14. The molecule has 0 radical (unpaired) electrons. The van der Waals surface area contributed by atoms with E-state index in [4.69, 9.17) is 5.11 Å². The Kier molecular flexibility index (Phi) is 15.8. The molecule has 1 N–H and O–H groups in total. The molecule has 0 saturated carbocycles. The number of carbonyl (C=O) groups is 1. The van der Waals surface area contributed by atoms with Crippen LogP contribution in [0.4, 0.5) is 3.89 Å². The van der Waals surface area contributed by atoms with Crippen molar-refractivity contribution in [3.8, 4) is 0 Å². The zero-order valence-electron chi connectivity index (χ0n) is 13.6. The fourth-order valence-electron chi connectivity index (χ4n) is 2.06. The van der Waals surface area contributed by atoms with Gasteiger partial charge in [0, 0.05) is 8.80 Å². The van der Waals surface area contributed by atoms with Crippen molar-refractivity contribution in [2.75, 3.05) is 5.75 Å². The summed E-state index contributed by atoms with van der Waals surface area (Å²) < 4.78 is 30.0. The lowest BCUT2D eigenvalue weighted by molar-refractivity contribution is -0.134. The molecule has 0 aromatic heterocycles. The second-order valence-corrected chi connectivity index (χ2v) is 10.2. The van der Waals surface area contributed by atoms with Crippen LogP contribution in [0.3, 0.4) is 0 Å². The van der Waals surface area contributed by atoms with Crippen molar-refractivity contribution in [3.63, 3.8) is 0 Å². The third-order valence-electron chi connectivity index (χ3n) is 3.19. The Morgan fingerprint density at radius 2 is 1.29 bits per heavy atom. The van der Waals surface area contributed by atoms with Crippen LogP contribution in [0.15, 0.2) is 0 Å². The van der Waals surface area contributed by atoms with E-state index in [0.29, 0.717) is 0 Å². The van der Waals surface area contributed by atoms with E-state index < -0.39 is 21.9 Å². The number of hydrogen-bond donors (Lipinski definition) is 1. The van der Waals surface area contributed by atoms with Gasteiger partial charge >= 0.3 is 16.2 Å². The van der Waals surface area contributed by atoms with Gasteiger partial charge in [-0.05, 0) is 0 Å². The second-order valence-electron chi connectivity index (χ2n) is 5.37. The minimum absolute atomic E-state index is 0.287. The molecule has 0 aliphatic heterocycles. The minimum Gasteiger partial charge on any atom is -0.480 e. The van der Waals surface area contributed by atoms with Crippen LogP contribution in [0.1, 0.15) is 59.3 Å². The lowest BCUT2D eigenvalue weighted by Gasteiger charge is -2.13. The van der Waals surface area contributed by atoms with Gasteiger partial charge in [0.15, 0.2) is 5.75 Å². The van der Waals surface area contributed by atoms with Gasteiger partial charge in [-0.3, -0.25) is 4.79 Å². The maximum atomic E-state index is 11.2. The Labute approximate surface area is 131 Å². The number of unbranched alkanes of at least 4 members (excludes halogenated alkanes) is 3. The number of carboxylic acids is 1. The summed E-state index contributed by atoms with van der Waals surface area (Å²) in [6, 6.07) is 4.86. The largest absolute Gasteiger partial charge is 0.480 e. The molecular formula is C14H31FO4SSi. The summed E-state index contributed by atoms with van der Waals surface area (Å²) in [4.78, 5) is 9.40. The topological polar surface area (TPSA) is 71.4 Å². The van der Waals surface area contributed by atoms with Crippen LogP contribution >= 0.6 is 0 Å². The first-order chi connectivity index (χ1) is 9.76. The molecule has 7 heteroatoms. The van der Waals surface area contributed by atoms with Crippen LogP contribution < -0.4 is 0 Å². The van der Waals surface area contributed by atoms with Gasteiger partial charge in [-0.15, -0.1) is 3.89 Å². The zero-order valence-corrected chi connectivity index (χ0v) is 15.6. The average Bonchev–Trinajstić information content (AvgIpc) is 2.35. The molecule has 0 bridgehead atoms. The predicted octanol–water partition coefficient (Wildman–Crippen LogP) is 3.98. The summed E-state index contributed by atoms with van der Waals surface area (Å²) in [6.45, 7) is 6.97. The molecule has 0 amide bonds. The van der Waals surface area contributed by atoms with E-state index in [1.807, 2.05) is 0 Å². The fraction of sp³-hybridized carbons (Fsp3) is 0.929. The molecule has 0 aliphatic rings. The lowest BCUT2D eigenvalue weighted by Crippen LogP contribution is -2.11. The maximum Gasteiger partial charge on any atom is 0.321 e. The van der Waals surface area contributed by atoms with Crippen molar-refractivity contribution in [2.45, 2.75) is 77.4 Å². The molecule has 0 heterocycles. The van der Waals surface area contributed by atoms with Crippen LogP contribution in [0, 0.1) is 0 Å². The van der Waals surface area contributed by atoms with E-state index in [2.05, 4.69) is 20.8 Å². The van der Waals surface area contributed by atoms with E-state index in [-0.39, 0.29) is 8.80 Å². The smallest absolute Gasteiger partial charge is 0.321 e. The SMILES string of the molecule is CCCC[SiH](CCCC)CCCC.O=C(O)CS(=O)(=O)F. The van der Waals surface area contributed by atoms with Gasteiger partial charge in [0.25, 0.3) is 0 Å². The van der Waals surface area contributed by atoms with Crippen LogP contribution in [0.5, 0.6) is 0 Å². The lowest BCUT2D eigenvalue weighted by atomic mass is 10.4. The summed E-state index contributed by atoms with van der Waals surface area (Å²) in [5, 5.41) is 7.63. The van der Waals surface area contributed by atoms with Gasteiger partial charge in [0.2, 0.25) is 0 Å². The maximum absolute atomic E-state index is 11.2. The van der Waals surface area contributed by atoms with Crippen molar-refractivity contribution >= 4 is 25.0 Å².